The molecule has 2 aromatic rings. The fourth-order valence-electron chi connectivity index (χ4n) is 3.01. The molecule has 0 bridgehead atoms. The van der Waals surface area contributed by atoms with Crippen LogP contribution in [0.15, 0.2) is 24.7 Å². The first-order valence-electron chi connectivity index (χ1n) is 8.13. The zero-order valence-corrected chi connectivity index (χ0v) is 13.9. The summed E-state index contributed by atoms with van der Waals surface area (Å²) in [7, 11) is 1.84. The second-order valence-corrected chi connectivity index (χ2v) is 6.21. The summed E-state index contributed by atoms with van der Waals surface area (Å²) >= 11 is 0. The molecule has 0 aliphatic carbocycles. The highest BCUT2D eigenvalue weighted by Gasteiger charge is 2.35. The highest BCUT2D eigenvalue weighted by atomic mass is 19.4. The van der Waals surface area contributed by atoms with Gasteiger partial charge in [0.05, 0.1) is 13.2 Å². The van der Waals surface area contributed by atoms with Crippen molar-refractivity contribution in [2.45, 2.75) is 25.6 Å². The van der Waals surface area contributed by atoms with E-state index in [4.69, 9.17) is 4.74 Å². The van der Waals surface area contributed by atoms with Crippen LogP contribution in [0.5, 0.6) is 5.88 Å². The molecule has 9 heteroatoms. The van der Waals surface area contributed by atoms with Crippen molar-refractivity contribution in [3.8, 4) is 5.88 Å². The van der Waals surface area contributed by atoms with Crippen LogP contribution in [0.2, 0.25) is 0 Å². The number of piperidine rings is 1. The Kier molecular flexibility index (Phi) is 5.22. The molecule has 136 valence electrons. The molecule has 0 saturated carbocycles. The number of aromatic nitrogens is 4. The van der Waals surface area contributed by atoms with Gasteiger partial charge in [-0.15, -0.1) is 0 Å². The lowest BCUT2D eigenvalue weighted by molar-refractivity contribution is -0.139. The van der Waals surface area contributed by atoms with Gasteiger partial charge in [0.25, 0.3) is 0 Å². The third kappa shape index (κ3) is 4.47. The van der Waals surface area contributed by atoms with Gasteiger partial charge in [-0.3, -0.25) is 9.58 Å². The summed E-state index contributed by atoms with van der Waals surface area (Å²) < 4.78 is 46.1. The van der Waals surface area contributed by atoms with Crippen LogP contribution in [-0.4, -0.2) is 44.3 Å². The SMILES string of the molecule is Cn1ncnc1CN1CCCC(COc2ncccc2C(F)(F)F)C1. The molecule has 0 radical (unpaired) electrons. The molecule has 1 atom stereocenters. The number of nitrogens with zero attached hydrogens (tertiary/aromatic N) is 5. The number of hydrogen-bond donors (Lipinski definition) is 0. The zero-order valence-electron chi connectivity index (χ0n) is 13.9. The van der Waals surface area contributed by atoms with Gasteiger partial charge in [0.2, 0.25) is 5.88 Å². The van der Waals surface area contributed by atoms with Gasteiger partial charge in [-0.25, -0.2) is 9.97 Å². The molecule has 6 nitrogen and oxygen atoms in total. The average molecular weight is 355 g/mol. The summed E-state index contributed by atoms with van der Waals surface area (Å²) in [5, 5.41) is 4.05. The summed E-state index contributed by atoms with van der Waals surface area (Å²) in [6.45, 7) is 2.57. The molecule has 0 spiro atoms. The minimum atomic E-state index is -4.46. The molecule has 0 amide bonds. The van der Waals surface area contributed by atoms with Gasteiger partial charge in [0.15, 0.2) is 0 Å². The molecule has 1 unspecified atom stereocenters. The lowest BCUT2D eigenvalue weighted by Crippen LogP contribution is -2.38. The summed E-state index contributed by atoms with van der Waals surface area (Å²) in [5.74, 6) is 0.677. The normalized spacial score (nSPS) is 19.1. The van der Waals surface area contributed by atoms with Gasteiger partial charge < -0.3 is 4.74 Å². The fourth-order valence-corrected chi connectivity index (χ4v) is 3.01. The van der Waals surface area contributed by atoms with Gasteiger partial charge in [-0.1, -0.05) is 0 Å². The number of hydrogen-bond acceptors (Lipinski definition) is 5. The zero-order chi connectivity index (χ0) is 17.9. The van der Waals surface area contributed by atoms with Crippen molar-refractivity contribution in [3.63, 3.8) is 0 Å². The lowest BCUT2D eigenvalue weighted by Gasteiger charge is -2.32. The topological polar surface area (TPSA) is 56.1 Å². The van der Waals surface area contributed by atoms with E-state index in [1.54, 1.807) is 4.68 Å². The molecule has 3 heterocycles. The number of likely N-dealkylation sites (tertiary alicyclic amines) is 1. The van der Waals surface area contributed by atoms with Gasteiger partial charge in [-0.05, 0) is 31.5 Å². The number of rotatable bonds is 5. The monoisotopic (exact) mass is 355 g/mol. The van der Waals surface area contributed by atoms with E-state index >= 15 is 0 Å². The summed E-state index contributed by atoms with van der Waals surface area (Å²) in [4.78, 5) is 10.2. The average Bonchev–Trinajstić information content (AvgIpc) is 2.98. The van der Waals surface area contributed by atoms with Crippen LogP contribution in [0, 0.1) is 5.92 Å². The molecule has 3 rings (SSSR count). The molecule has 25 heavy (non-hydrogen) atoms. The summed E-state index contributed by atoms with van der Waals surface area (Å²) in [6, 6.07) is 2.25. The van der Waals surface area contributed by atoms with E-state index in [1.807, 2.05) is 7.05 Å². The van der Waals surface area contributed by atoms with E-state index in [2.05, 4.69) is 20.0 Å². The molecule has 1 aliphatic rings. The quantitative estimate of drug-likeness (QED) is 0.825. The first-order chi connectivity index (χ1) is 11.9. The molecule has 1 saturated heterocycles. The second-order valence-electron chi connectivity index (χ2n) is 6.21. The van der Waals surface area contributed by atoms with Gasteiger partial charge in [-0.2, -0.15) is 18.3 Å². The largest absolute Gasteiger partial charge is 0.477 e. The van der Waals surface area contributed by atoms with E-state index in [-0.39, 0.29) is 18.4 Å². The standard InChI is InChI=1S/C16H20F3N5O/c1-23-14(21-11-22-23)9-24-7-3-4-12(8-24)10-25-15-13(16(17,18)19)5-2-6-20-15/h2,5-6,11-12H,3-4,7-10H2,1H3. The van der Waals surface area contributed by atoms with E-state index in [9.17, 15) is 13.2 Å². The Balaban J connectivity index is 1.58. The molecule has 1 fully saturated rings. The van der Waals surface area contributed by atoms with Crippen molar-refractivity contribution in [2.75, 3.05) is 19.7 Å². The highest BCUT2D eigenvalue weighted by molar-refractivity contribution is 5.28. The third-order valence-corrected chi connectivity index (χ3v) is 4.31. The maximum Gasteiger partial charge on any atom is 0.421 e. The second kappa shape index (κ2) is 7.38. The van der Waals surface area contributed by atoms with Crippen LogP contribution in [0.3, 0.4) is 0 Å². The van der Waals surface area contributed by atoms with Crippen LogP contribution in [0.1, 0.15) is 24.2 Å². The Morgan fingerprint density at radius 3 is 2.88 bits per heavy atom. The molecular formula is C16H20F3N5O. The molecular weight excluding hydrogens is 335 g/mol. The van der Waals surface area contributed by atoms with Crippen LogP contribution in [0.4, 0.5) is 13.2 Å². The van der Waals surface area contributed by atoms with Gasteiger partial charge in [0, 0.05) is 25.7 Å². The molecule has 0 N–H and O–H groups in total. The predicted octanol–water partition coefficient (Wildman–Crippen LogP) is 2.52. The lowest BCUT2D eigenvalue weighted by atomic mass is 9.99. The Morgan fingerprint density at radius 2 is 2.16 bits per heavy atom. The number of pyridine rings is 1. The summed E-state index contributed by atoms with van der Waals surface area (Å²) in [6.07, 6.45) is 0.253. The third-order valence-electron chi connectivity index (χ3n) is 4.31. The van der Waals surface area contributed by atoms with Crippen molar-refractivity contribution in [3.05, 3.63) is 36.0 Å². The maximum atomic E-state index is 13.0. The Bertz CT molecular complexity index is 703. The van der Waals surface area contributed by atoms with Crippen LogP contribution in [0.25, 0.3) is 0 Å². The van der Waals surface area contributed by atoms with Crippen LogP contribution in [-0.2, 0) is 19.8 Å². The van der Waals surface area contributed by atoms with Crippen molar-refractivity contribution in [1.29, 1.82) is 0 Å². The van der Waals surface area contributed by atoms with E-state index in [0.29, 0.717) is 6.54 Å². The molecule has 1 aliphatic heterocycles. The smallest absolute Gasteiger partial charge is 0.421 e. The van der Waals surface area contributed by atoms with Crippen LogP contribution >= 0.6 is 0 Å². The minimum Gasteiger partial charge on any atom is -0.477 e. The van der Waals surface area contributed by atoms with E-state index in [1.165, 1.54) is 18.6 Å². The Labute approximate surface area is 143 Å². The van der Waals surface area contributed by atoms with Crippen molar-refractivity contribution < 1.29 is 17.9 Å². The van der Waals surface area contributed by atoms with Gasteiger partial charge in [0.1, 0.15) is 17.7 Å². The van der Waals surface area contributed by atoms with Crippen molar-refractivity contribution in [1.82, 2.24) is 24.6 Å². The minimum absolute atomic E-state index is 0.157. The Morgan fingerprint density at radius 1 is 1.32 bits per heavy atom. The molecule has 0 aromatic carbocycles. The van der Waals surface area contributed by atoms with E-state index in [0.717, 1.165) is 37.8 Å². The first kappa shape index (κ1) is 17.7. The van der Waals surface area contributed by atoms with Crippen molar-refractivity contribution >= 4 is 0 Å². The van der Waals surface area contributed by atoms with Crippen molar-refractivity contribution in [2.24, 2.45) is 13.0 Å². The first-order valence-corrected chi connectivity index (χ1v) is 8.13. The Hall–Kier alpha value is -2.16. The maximum absolute atomic E-state index is 13.0. The van der Waals surface area contributed by atoms with Gasteiger partial charge >= 0.3 is 6.18 Å². The fraction of sp³-hybridized carbons (Fsp3) is 0.562. The number of ether oxygens (including phenoxy) is 1. The number of alkyl halides is 3. The van der Waals surface area contributed by atoms with E-state index < -0.39 is 11.7 Å². The number of halogens is 3. The van der Waals surface area contributed by atoms with Crippen LogP contribution < -0.4 is 4.74 Å². The molecule has 2 aromatic heterocycles. The summed E-state index contributed by atoms with van der Waals surface area (Å²) in [5.41, 5.74) is -0.832. The predicted molar refractivity (Wildman–Crippen MR) is 83.7 cm³/mol. The number of aryl methyl sites for hydroxylation is 1. The highest BCUT2D eigenvalue weighted by Crippen LogP contribution is 2.34.